The lowest BCUT2D eigenvalue weighted by Gasteiger charge is -2.23. The van der Waals surface area contributed by atoms with Crippen molar-refractivity contribution in [3.8, 4) is 11.5 Å². The Morgan fingerprint density at radius 1 is 1.33 bits per heavy atom. The maximum Gasteiger partial charge on any atom is 0.231 e. The van der Waals surface area contributed by atoms with Gasteiger partial charge in [0.1, 0.15) is 0 Å². The zero-order chi connectivity index (χ0) is 14.9. The van der Waals surface area contributed by atoms with Gasteiger partial charge in [0.15, 0.2) is 17.5 Å². The molecule has 1 N–H and O–H groups in total. The van der Waals surface area contributed by atoms with E-state index < -0.39 is 0 Å². The lowest BCUT2D eigenvalue weighted by molar-refractivity contribution is 0.174. The summed E-state index contributed by atoms with van der Waals surface area (Å²) < 4.78 is 10.8. The minimum atomic E-state index is 0.316. The molecule has 2 aliphatic rings. The molecule has 1 fully saturated rings. The molecule has 5 nitrogen and oxygen atoms in total. The Labute approximate surface area is 126 Å². The van der Waals surface area contributed by atoms with Crippen molar-refractivity contribution in [2.75, 3.05) is 27.4 Å². The summed E-state index contributed by atoms with van der Waals surface area (Å²) in [5.74, 6) is 2.58. The molecular formula is C16H23N3O2. The van der Waals surface area contributed by atoms with Crippen molar-refractivity contribution in [3.63, 3.8) is 0 Å². The summed E-state index contributed by atoms with van der Waals surface area (Å²) in [5.41, 5.74) is 1.65. The predicted octanol–water partition coefficient (Wildman–Crippen LogP) is 2.22. The summed E-state index contributed by atoms with van der Waals surface area (Å²) in [6, 6.07) is 6.07. The van der Waals surface area contributed by atoms with Crippen molar-refractivity contribution in [1.82, 2.24) is 10.2 Å². The highest BCUT2D eigenvalue weighted by atomic mass is 16.7. The third-order valence-electron chi connectivity index (χ3n) is 4.21. The normalized spacial score (nSPS) is 18.5. The van der Waals surface area contributed by atoms with Gasteiger partial charge in [-0.25, -0.2) is 0 Å². The van der Waals surface area contributed by atoms with Crippen LogP contribution in [0.1, 0.15) is 25.3 Å². The molecule has 0 radical (unpaired) electrons. The van der Waals surface area contributed by atoms with Gasteiger partial charge >= 0.3 is 0 Å². The zero-order valence-electron chi connectivity index (χ0n) is 13.0. The van der Waals surface area contributed by atoms with Crippen LogP contribution in [0, 0.1) is 5.41 Å². The lowest BCUT2D eigenvalue weighted by atomic mass is 10.1. The molecule has 0 spiro atoms. The topological polar surface area (TPSA) is 46.1 Å². The van der Waals surface area contributed by atoms with Gasteiger partial charge in [-0.2, -0.15) is 0 Å². The lowest BCUT2D eigenvalue weighted by Crippen LogP contribution is -2.40. The van der Waals surface area contributed by atoms with Crippen LogP contribution in [0.5, 0.6) is 11.5 Å². The van der Waals surface area contributed by atoms with E-state index in [0.717, 1.165) is 30.5 Å². The zero-order valence-corrected chi connectivity index (χ0v) is 13.0. The van der Waals surface area contributed by atoms with Crippen molar-refractivity contribution in [3.05, 3.63) is 23.8 Å². The summed E-state index contributed by atoms with van der Waals surface area (Å²) in [4.78, 5) is 6.49. The quantitative estimate of drug-likeness (QED) is 0.682. The van der Waals surface area contributed by atoms with E-state index in [9.17, 15) is 0 Å². The highest BCUT2D eigenvalue weighted by Crippen LogP contribution is 2.44. The number of aliphatic imine (C=N–C) groups is 1. The molecule has 0 atom stereocenters. The molecule has 1 heterocycles. The number of rotatable bonds is 4. The number of hydrogen-bond acceptors (Lipinski definition) is 3. The first kappa shape index (κ1) is 14.0. The second-order valence-electron chi connectivity index (χ2n) is 6.26. The first-order chi connectivity index (χ1) is 10.1. The fourth-order valence-electron chi connectivity index (χ4n) is 2.46. The Balaban J connectivity index is 1.60. The van der Waals surface area contributed by atoms with E-state index in [1.165, 1.54) is 18.4 Å². The molecule has 21 heavy (non-hydrogen) atoms. The van der Waals surface area contributed by atoms with Crippen LogP contribution in [0.4, 0.5) is 0 Å². The average molecular weight is 289 g/mol. The Hall–Kier alpha value is -1.91. The van der Waals surface area contributed by atoms with Gasteiger partial charge in [-0.05, 0) is 36.0 Å². The number of hydrogen-bond donors (Lipinski definition) is 1. The monoisotopic (exact) mass is 289 g/mol. The number of ether oxygens (including phenoxy) is 2. The molecule has 0 saturated heterocycles. The summed E-state index contributed by atoms with van der Waals surface area (Å²) in [6.45, 7) is 4.40. The molecule has 0 aromatic heterocycles. The number of guanidine groups is 1. The molecule has 3 rings (SSSR count). The Kier molecular flexibility index (Phi) is 3.66. The third-order valence-corrected chi connectivity index (χ3v) is 4.21. The summed E-state index contributed by atoms with van der Waals surface area (Å²) in [6.07, 6.45) is 2.62. The summed E-state index contributed by atoms with van der Waals surface area (Å²) >= 11 is 0. The Morgan fingerprint density at radius 3 is 2.81 bits per heavy atom. The number of fused-ring (bicyclic) bond motifs is 1. The maximum atomic E-state index is 5.42. The van der Waals surface area contributed by atoms with Gasteiger partial charge in [0.2, 0.25) is 6.79 Å². The minimum Gasteiger partial charge on any atom is -0.454 e. The Bertz CT molecular complexity index is 552. The first-order valence-corrected chi connectivity index (χ1v) is 7.40. The van der Waals surface area contributed by atoms with E-state index in [4.69, 9.17) is 9.47 Å². The van der Waals surface area contributed by atoms with Crippen LogP contribution in [-0.4, -0.2) is 38.3 Å². The van der Waals surface area contributed by atoms with Gasteiger partial charge in [-0.3, -0.25) is 4.99 Å². The van der Waals surface area contributed by atoms with Gasteiger partial charge in [0, 0.05) is 27.2 Å². The van der Waals surface area contributed by atoms with E-state index in [0.29, 0.717) is 12.2 Å². The van der Waals surface area contributed by atoms with E-state index >= 15 is 0 Å². The summed E-state index contributed by atoms with van der Waals surface area (Å²) in [7, 11) is 3.88. The average Bonchev–Trinajstić information content (AvgIpc) is 3.02. The van der Waals surface area contributed by atoms with Crippen LogP contribution < -0.4 is 14.8 Å². The van der Waals surface area contributed by atoms with Crippen LogP contribution >= 0.6 is 0 Å². The number of nitrogens with one attached hydrogen (secondary N) is 1. The third kappa shape index (κ3) is 3.23. The Morgan fingerprint density at radius 2 is 2.10 bits per heavy atom. The molecule has 1 aliphatic heterocycles. The highest BCUT2D eigenvalue weighted by molar-refractivity contribution is 5.79. The molecule has 1 aliphatic carbocycles. The molecular weight excluding hydrogens is 266 g/mol. The number of benzene rings is 1. The first-order valence-electron chi connectivity index (χ1n) is 7.40. The van der Waals surface area contributed by atoms with E-state index in [1.54, 1.807) is 0 Å². The van der Waals surface area contributed by atoms with E-state index in [2.05, 4.69) is 35.2 Å². The second kappa shape index (κ2) is 5.47. The fourth-order valence-corrected chi connectivity index (χ4v) is 2.46. The summed E-state index contributed by atoms with van der Waals surface area (Å²) in [5, 5.41) is 3.46. The molecule has 1 aromatic rings. The maximum absolute atomic E-state index is 5.42. The highest BCUT2D eigenvalue weighted by Gasteiger charge is 2.37. The largest absolute Gasteiger partial charge is 0.454 e. The van der Waals surface area contributed by atoms with Crippen molar-refractivity contribution < 1.29 is 9.47 Å². The second-order valence-corrected chi connectivity index (χ2v) is 6.26. The van der Waals surface area contributed by atoms with Crippen LogP contribution in [-0.2, 0) is 6.54 Å². The van der Waals surface area contributed by atoms with Gasteiger partial charge < -0.3 is 19.7 Å². The van der Waals surface area contributed by atoms with Crippen LogP contribution in [0.2, 0.25) is 0 Å². The van der Waals surface area contributed by atoms with Gasteiger partial charge in [-0.15, -0.1) is 0 Å². The van der Waals surface area contributed by atoms with Crippen molar-refractivity contribution in [1.29, 1.82) is 0 Å². The minimum absolute atomic E-state index is 0.316. The van der Waals surface area contributed by atoms with E-state index in [1.807, 2.05) is 19.2 Å². The van der Waals surface area contributed by atoms with Crippen molar-refractivity contribution in [2.24, 2.45) is 10.4 Å². The molecule has 114 valence electrons. The molecule has 0 amide bonds. The molecule has 1 aromatic carbocycles. The van der Waals surface area contributed by atoms with Gasteiger partial charge in [-0.1, -0.05) is 13.0 Å². The van der Waals surface area contributed by atoms with Crippen molar-refractivity contribution in [2.45, 2.75) is 26.3 Å². The fraction of sp³-hybridized carbons (Fsp3) is 0.562. The van der Waals surface area contributed by atoms with Crippen LogP contribution in [0.25, 0.3) is 0 Å². The van der Waals surface area contributed by atoms with Crippen LogP contribution in [0.3, 0.4) is 0 Å². The molecule has 0 unspecified atom stereocenters. The SMILES string of the molecule is CN=C(NCC1(C)CC1)N(C)Cc1ccc2c(c1)OCO2. The number of nitrogens with zero attached hydrogens (tertiary/aromatic N) is 2. The molecule has 1 saturated carbocycles. The molecule has 5 heteroatoms. The standard InChI is InChI=1S/C16H23N3O2/c1-16(6-7-16)10-18-15(17-2)19(3)9-12-4-5-13-14(8-12)21-11-20-13/h4-5,8H,6-7,9-11H2,1-3H3,(H,17,18). The van der Waals surface area contributed by atoms with Gasteiger partial charge in [0.05, 0.1) is 0 Å². The predicted molar refractivity (Wildman–Crippen MR) is 82.7 cm³/mol. The van der Waals surface area contributed by atoms with E-state index in [-0.39, 0.29) is 0 Å². The van der Waals surface area contributed by atoms with Gasteiger partial charge in [0.25, 0.3) is 0 Å². The molecule has 0 bridgehead atoms. The smallest absolute Gasteiger partial charge is 0.231 e. The van der Waals surface area contributed by atoms with Crippen molar-refractivity contribution >= 4 is 5.96 Å². The van der Waals surface area contributed by atoms with Crippen LogP contribution in [0.15, 0.2) is 23.2 Å².